The van der Waals surface area contributed by atoms with Crippen molar-refractivity contribution in [3.05, 3.63) is 69.1 Å². The summed E-state index contributed by atoms with van der Waals surface area (Å²) in [7, 11) is 0. The molecule has 0 aliphatic carbocycles. The Kier molecular flexibility index (Phi) is 6.76. The van der Waals surface area contributed by atoms with Gasteiger partial charge in [0.05, 0.1) is 0 Å². The van der Waals surface area contributed by atoms with Gasteiger partial charge in [0.2, 0.25) is 0 Å². The van der Waals surface area contributed by atoms with Crippen LogP contribution < -0.4 is 8.92 Å². The predicted octanol–water partition coefficient (Wildman–Crippen LogP) is 1.89. The summed E-state index contributed by atoms with van der Waals surface area (Å²) in [5, 5.41) is 9.27. The molecule has 110 valence electrons. The molecule has 0 fully saturated rings. The van der Waals surface area contributed by atoms with E-state index in [2.05, 4.69) is 67.4 Å². The predicted molar refractivity (Wildman–Crippen MR) is 92.9 cm³/mol. The van der Waals surface area contributed by atoms with E-state index in [1.807, 2.05) is 0 Å². The zero-order valence-electron chi connectivity index (χ0n) is 12.4. The molecule has 1 N–H and O–H groups in total. The van der Waals surface area contributed by atoms with Crippen LogP contribution in [0.1, 0.15) is 17.5 Å². The molecular weight excluding hydrogens is 390 g/mol. The molecule has 0 saturated heterocycles. The van der Waals surface area contributed by atoms with Crippen LogP contribution in [0.5, 0.6) is 0 Å². The molecule has 1 nitrogen and oxygen atoms in total. The summed E-state index contributed by atoms with van der Waals surface area (Å²) < 4.78 is 4.17. The molecule has 0 spiro atoms. The van der Waals surface area contributed by atoms with Crippen LogP contribution in [-0.2, 0) is 0 Å². The first kappa shape index (κ1) is 16.5. The molecule has 21 heavy (non-hydrogen) atoms. The zero-order chi connectivity index (χ0) is 15.1. The fraction of sp³-hybridized carbons (Fsp3) is 0.222. The van der Waals surface area contributed by atoms with Gasteiger partial charge < -0.3 is 0 Å². The maximum atomic E-state index is 9.27. The molecule has 3 heteroatoms. The quantitative estimate of drug-likeness (QED) is 0.722. The minimum absolute atomic E-state index is 0.240. The molecule has 0 aliphatic heterocycles. The second kappa shape index (κ2) is 8.58. The van der Waals surface area contributed by atoms with Crippen LogP contribution in [0.15, 0.2) is 58.0 Å². The van der Waals surface area contributed by atoms with E-state index in [0.717, 1.165) is 6.42 Å². The third kappa shape index (κ3) is 5.82. The van der Waals surface area contributed by atoms with Gasteiger partial charge in [0.25, 0.3) is 0 Å². The molecular formula is C18H20OSe2. The van der Waals surface area contributed by atoms with E-state index in [1.54, 1.807) is 0 Å². The SMILES string of the molecule is Cc1ccc([Se]/C=C(\CCO)[Se]c2ccc(C)cc2)cc1. The number of benzene rings is 2. The summed E-state index contributed by atoms with van der Waals surface area (Å²) in [4.78, 5) is 2.35. The van der Waals surface area contributed by atoms with Crippen molar-refractivity contribution in [2.45, 2.75) is 20.3 Å². The zero-order valence-corrected chi connectivity index (χ0v) is 15.8. The van der Waals surface area contributed by atoms with Crippen molar-refractivity contribution in [2.75, 3.05) is 6.61 Å². The molecule has 0 aromatic heterocycles. The molecule has 0 aliphatic rings. The molecule has 0 saturated carbocycles. The molecule has 0 radical (unpaired) electrons. The number of aryl methyl sites for hydroxylation is 2. The van der Waals surface area contributed by atoms with Crippen LogP contribution in [0.4, 0.5) is 0 Å². The van der Waals surface area contributed by atoms with Gasteiger partial charge in [-0.1, -0.05) is 0 Å². The van der Waals surface area contributed by atoms with Crippen LogP contribution in [0.2, 0.25) is 0 Å². The van der Waals surface area contributed by atoms with Crippen molar-refractivity contribution in [1.82, 2.24) is 0 Å². The Hall–Kier alpha value is -0.821. The van der Waals surface area contributed by atoms with Gasteiger partial charge in [-0.25, -0.2) is 0 Å². The summed E-state index contributed by atoms with van der Waals surface area (Å²) in [6.07, 6.45) is 0.793. The summed E-state index contributed by atoms with van der Waals surface area (Å²) in [6.45, 7) is 4.47. The summed E-state index contributed by atoms with van der Waals surface area (Å²) in [5.74, 6) is 0. The molecule has 0 amide bonds. The van der Waals surface area contributed by atoms with E-state index in [-0.39, 0.29) is 6.61 Å². The van der Waals surface area contributed by atoms with Crippen molar-refractivity contribution in [1.29, 1.82) is 0 Å². The Bertz CT molecular complexity index is 586. The van der Waals surface area contributed by atoms with Crippen LogP contribution in [0.3, 0.4) is 0 Å². The number of hydrogen-bond donors (Lipinski definition) is 1. The van der Waals surface area contributed by atoms with E-state index in [1.165, 1.54) is 24.5 Å². The Morgan fingerprint density at radius 1 is 0.905 bits per heavy atom. The maximum absolute atomic E-state index is 9.27. The van der Waals surface area contributed by atoms with Gasteiger partial charge in [-0.2, -0.15) is 0 Å². The van der Waals surface area contributed by atoms with Gasteiger partial charge in [-0.05, 0) is 0 Å². The van der Waals surface area contributed by atoms with E-state index in [0.29, 0.717) is 29.9 Å². The van der Waals surface area contributed by atoms with Gasteiger partial charge in [0.1, 0.15) is 0 Å². The van der Waals surface area contributed by atoms with Crippen molar-refractivity contribution in [3.8, 4) is 0 Å². The Labute approximate surface area is 139 Å². The molecule has 2 rings (SSSR count). The average molecular weight is 410 g/mol. The number of rotatable bonds is 6. The van der Waals surface area contributed by atoms with Crippen LogP contribution in [-0.4, -0.2) is 41.6 Å². The summed E-state index contributed by atoms with van der Waals surface area (Å²) >= 11 is 0.674. The molecule has 2 aromatic carbocycles. The van der Waals surface area contributed by atoms with E-state index >= 15 is 0 Å². The normalized spacial score (nSPS) is 11.7. The molecule has 2 aromatic rings. The fourth-order valence-corrected chi connectivity index (χ4v) is 5.94. The number of hydrogen-bond acceptors (Lipinski definition) is 1. The molecule has 0 heterocycles. The van der Waals surface area contributed by atoms with E-state index in [9.17, 15) is 5.11 Å². The monoisotopic (exact) mass is 412 g/mol. The second-order valence-electron chi connectivity index (χ2n) is 4.90. The topological polar surface area (TPSA) is 20.2 Å². The van der Waals surface area contributed by atoms with Gasteiger partial charge in [-0.3, -0.25) is 0 Å². The van der Waals surface area contributed by atoms with E-state index in [4.69, 9.17) is 0 Å². The van der Waals surface area contributed by atoms with Crippen molar-refractivity contribution >= 4 is 38.8 Å². The minimum atomic E-state index is 0.240. The summed E-state index contributed by atoms with van der Waals surface area (Å²) in [6, 6.07) is 17.5. The molecule has 0 unspecified atom stereocenters. The van der Waals surface area contributed by atoms with Crippen molar-refractivity contribution < 1.29 is 5.11 Å². The first-order chi connectivity index (χ1) is 10.2. The number of aliphatic hydroxyl groups is 1. The van der Waals surface area contributed by atoms with Gasteiger partial charge in [0, 0.05) is 0 Å². The van der Waals surface area contributed by atoms with Crippen molar-refractivity contribution in [2.24, 2.45) is 0 Å². The standard InChI is InChI=1S/C18H20OSe2/c1-14-3-7-16(8-4-14)20-13-18(11-12-19)21-17-9-5-15(2)6-10-17/h3-10,13,19H,11-12H2,1-2H3/b18-13+. The Morgan fingerprint density at radius 3 is 1.95 bits per heavy atom. The van der Waals surface area contributed by atoms with Crippen LogP contribution >= 0.6 is 0 Å². The average Bonchev–Trinajstić information content (AvgIpc) is 2.49. The first-order valence-electron chi connectivity index (χ1n) is 6.95. The van der Waals surface area contributed by atoms with Crippen molar-refractivity contribution in [3.63, 3.8) is 0 Å². The fourth-order valence-electron chi connectivity index (χ4n) is 1.75. The Balaban J connectivity index is 2.05. The molecule has 0 atom stereocenters. The van der Waals surface area contributed by atoms with Gasteiger partial charge >= 0.3 is 140 Å². The third-order valence-electron chi connectivity index (χ3n) is 2.98. The summed E-state index contributed by atoms with van der Waals surface area (Å²) in [5.41, 5.74) is 2.60. The second-order valence-corrected chi connectivity index (χ2v) is 9.40. The molecule has 0 bridgehead atoms. The third-order valence-corrected chi connectivity index (χ3v) is 8.01. The Morgan fingerprint density at radius 2 is 1.43 bits per heavy atom. The van der Waals surface area contributed by atoms with Gasteiger partial charge in [0.15, 0.2) is 0 Å². The van der Waals surface area contributed by atoms with Crippen LogP contribution in [0.25, 0.3) is 0 Å². The van der Waals surface area contributed by atoms with Crippen LogP contribution in [0, 0.1) is 13.8 Å². The van der Waals surface area contributed by atoms with Gasteiger partial charge in [-0.15, -0.1) is 0 Å². The first-order valence-corrected chi connectivity index (χ1v) is 10.5. The van der Waals surface area contributed by atoms with E-state index < -0.39 is 0 Å². The number of aliphatic hydroxyl groups excluding tert-OH is 1.